The van der Waals surface area contributed by atoms with Crippen molar-refractivity contribution in [3.63, 3.8) is 0 Å². The summed E-state index contributed by atoms with van der Waals surface area (Å²) in [5.74, 6) is 1.23. The summed E-state index contributed by atoms with van der Waals surface area (Å²) in [7, 11) is -0.720. The van der Waals surface area contributed by atoms with Gasteiger partial charge in [0.05, 0.1) is 36.3 Å². The molecule has 11 nitrogen and oxygen atoms in total. The molecule has 0 aliphatic carbocycles. The second kappa shape index (κ2) is 14.8. The Labute approximate surface area is 302 Å². The summed E-state index contributed by atoms with van der Waals surface area (Å²) in [4.78, 5) is 17.8. The van der Waals surface area contributed by atoms with Crippen LogP contribution in [0.4, 0.5) is 11.4 Å². The average Bonchev–Trinajstić information content (AvgIpc) is 3.79. The number of anilines is 2. The Balaban J connectivity index is 0.942. The predicted octanol–water partition coefficient (Wildman–Crippen LogP) is 6.91. The highest BCUT2D eigenvalue weighted by atomic mass is 32.2. The molecule has 0 radical (unpaired) electrons. The number of nitrogens with zero attached hydrogens (tertiary/aromatic N) is 4. The van der Waals surface area contributed by atoms with Crippen LogP contribution in [0, 0.1) is 11.3 Å². The lowest BCUT2D eigenvalue weighted by Gasteiger charge is -2.36. The van der Waals surface area contributed by atoms with Gasteiger partial charge < -0.3 is 24.1 Å². The van der Waals surface area contributed by atoms with E-state index in [4.69, 9.17) is 13.9 Å². The van der Waals surface area contributed by atoms with Crippen LogP contribution in [0.15, 0.2) is 107 Å². The summed E-state index contributed by atoms with van der Waals surface area (Å²) < 4.78 is 44.9. The van der Waals surface area contributed by atoms with Crippen LogP contribution in [0.2, 0.25) is 0 Å². The second-order valence-electron chi connectivity index (χ2n) is 12.8. The van der Waals surface area contributed by atoms with Gasteiger partial charge in [0, 0.05) is 54.5 Å². The molecule has 1 fully saturated rings. The molecule has 7 rings (SSSR count). The number of fused-ring (bicyclic) bond motifs is 2. The third kappa shape index (κ3) is 7.19. The molecule has 1 amide bonds. The monoisotopic (exact) mass is 717 g/mol. The molecule has 3 heterocycles. The Kier molecular flexibility index (Phi) is 9.89. The van der Waals surface area contributed by atoms with Crippen LogP contribution < -0.4 is 19.7 Å². The van der Waals surface area contributed by atoms with Crippen molar-refractivity contribution in [2.24, 2.45) is 0 Å². The van der Waals surface area contributed by atoms with Crippen molar-refractivity contribution in [3.05, 3.63) is 114 Å². The number of amides is 1. The Morgan fingerprint density at radius 3 is 2.27 bits per heavy atom. The molecule has 0 atom stereocenters. The van der Waals surface area contributed by atoms with E-state index in [0.717, 1.165) is 67.6 Å². The molecule has 0 unspecified atom stereocenters. The van der Waals surface area contributed by atoms with E-state index in [9.17, 15) is 18.5 Å². The SMILES string of the molecule is COc1ccc(NC(=O)c2cc3cc(N4CCN(CCCCc5cn(S(=O)(=O)c6ccc(OC)cc6)c6ccc(C#N)cc56)CC4)ccc3o2)cc1. The van der Waals surface area contributed by atoms with Gasteiger partial charge in [0.25, 0.3) is 15.9 Å². The fraction of sp³-hybridized carbons (Fsp3) is 0.250. The predicted molar refractivity (Wildman–Crippen MR) is 201 cm³/mol. The summed E-state index contributed by atoms with van der Waals surface area (Å²) in [6, 6.07) is 28.6. The average molecular weight is 718 g/mol. The molecule has 1 saturated heterocycles. The fourth-order valence-electron chi connectivity index (χ4n) is 6.68. The van der Waals surface area contributed by atoms with Gasteiger partial charge in [-0.15, -0.1) is 0 Å². The topological polar surface area (TPSA) is 130 Å². The number of unbranched alkanes of at least 4 members (excludes halogenated alkanes) is 1. The van der Waals surface area contributed by atoms with Gasteiger partial charge in [-0.05, 0) is 122 Å². The van der Waals surface area contributed by atoms with Crippen LogP contribution >= 0.6 is 0 Å². The van der Waals surface area contributed by atoms with Crippen molar-refractivity contribution in [1.82, 2.24) is 8.87 Å². The van der Waals surface area contributed by atoms with Crippen molar-refractivity contribution in [2.45, 2.75) is 24.2 Å². The van der Waals surface area contributed by atoms with Crippen molar-refractivity contribution < 1.29 is 27.1 Å². The van der Waals surface area contributed by atoms with E-state index in [1.807, 2.05) is 12.1 Å². The molecule has 0 bridgehead atoms. The highest BCUT2D eigenvalue weighted by Crippen LogP contribution is 2.30. The normalized spacial score (nSPS) is 13.7. The maximum atomic E-state index is 13.7. The van der Waals surface area contributed by atoms with E-state index in [1.54, 1.807) is 86.1 Å². The van der Waals surface area contributed by atoms with Gasteiger partial charge in [-0.3, -0.25) is 9.69 Å². The van der Waals surface area contributed by atoms with Gasteiger partial charge in [-0.2, -0.15) is 5.26 Å². The number of furan rings is 1. The Hall–Kier alpha value is -5.77. The number of hydrogen-bond donors (Lipinski definition) is 1. The van der Waals surface area contributed by atoms with Crippen LogP contribution in [-0.2, 0) is 16.4 Å². The first kappa shape index (κ1) is 34.7. The maximum Gasteiger partial charge on any atom is 0.291 e. The first-order chi connectivity index (χ1) is 25.2. The summed E-state index contributed by atoms with van der Waals surface area (Å²) in [5, 5.41) is 14.1. The van der Waals surface area contributed by atoms with E-state index in [0.29, 0.717) is 40.3 Å². The molecule has 1 aliphatic heterocycles. The van der Waals surface area contributed by atoms with E-state index in [1.165, 1.54) is 11.1 Å². The number of nitriles is 1. The molecule has 1 N–H and O–H groups in total. The van der Waals surface area contributed by atoms with Gasteiger partial charge in [0.1, 0.15) is 17.1 Å². The number of aryl methyl sites for hydroxylation is 1. The first-order valence-corrected chi connectivity index (χ1v) is 18.6. The third-order valence-electron chi connectivity index (χ3n) is 9.58. The van der Waals surface area contributed by atoms with E-state index in [-0.39, 0.29) is 16.6 Å². The molecule has 1 aliphatic rings. The maximum absolute atomic E-state index is 13.7. The summed E-state index contributed by atoms with van der Waals surface area (Å²) in [6.07, 6.45) is 4.24. The number of methoxy groups -OCH3 is 2. The Morgan fingerprint density at radius 2 is 1.58 bits per heavy atom. The minimum Gasteiger partial charge on any atom is -0.497 e. The standard InChI is InChI=1S/C40H39N5O6S/c1-49-33-10-7-31(8-11-33)42-40(46)39-25-30-24-32(9-17-38(30)51-39)44-21-19-43(20-22-44)18-4-3-5-29-27-45(37-16-6-28(26-41)23-36(29)37)52(47,48)35-14-12-34(50-2)13-15-35/h6-17,23-25,27H,3-5,18-22H2,1-2H3,(H,42,46). The number of aromatic nitrogens is 1. The summed E-state index contributed by atoms with van der Waals surface area (Å²) in [6.45, 7) is 4.53. The second-order valence-corrected chi connectivity index (χ2v) is 14.6. The number of nitrogens with one attached hydrogen (secondary N) is 1. The minimum absolute atomic E-state index is 0.169. The molecule has 0 spiro atoms. The number of carbonyl (C=O) groups is 1. The number of hydrogen-bond acceptors (Lipinski definition) is 9. The highest BCUT2D eigenvalue weighted by Gasteiger charge is 2.23. The number of carbonyl (C=O) groups excluding carboxylic acids is 1. The zero-order valence-corrected chi connectivity index (χ0v) is 29.9. The molecule has 12 heteroatoms. The van der Waals surface area contributed by atoms with Crippen molar-refractivity contribution in [3.8, 4) is 17.6 Å². The smallest absolute Gasteiger partial charge is 0.291 e. The molecular formula is C40H39N5O6S. The van der Waals surface area contributed by atoms with Gasteiger partial charge in [-0.1, -0.05) is 0 Å². The van der Waals surface area contributed by atoms with Crippen molar-refractivity contribution in [2.75, 3.05) is 57.2 Å². The van der Waals surface area contributed by atoms with Gasteiger partial charge in [0.2, 0.25) is 0 Å². The quantitative estimate of drug-likeness (QED) is 0.134. The zero-order valence-electron chi connectivity index (χ0n) is 29.0. The number of piperazine rings is 1. The van der Waals surface area contributed by atoms with E-state index < -0.39 is 10.0 Å². The molecule has 52 heavy (non-hydrogen) atoms. The van der Waals surface area contributed by atoms with Crippen molar-refractivity contribution >= 4 is 49.2 Å². The third-order valence-corrected chi connectivity index (χ3v) is 11.3. The molecule has 266 valence electrons. The largest absolute Gasteiger partial charge is 0.497 e. The number of ether oxygens (including phenoxy) is 2. The summed E-state index contributed by atoms with van der Waals surface area (Å²) in [5.41, 5.74) is 4.37. The van der Waals surface area contributed by atoms with Crippen LogP contribution in [0.25, 0.3) is 21.9 Å². The molecule has 6 aromatic rings. The van der Waals surface area contributed by atoms with Crippen LogP contribution in [0.3, 0.4) is 0 Å². The van der Waals surface area contributed by atoms with E-state index in [2.05, 4.69) is 27.3 Å². The van der Waals surface area contributed by atoms with Crippen LogP contribution in [0.5, 0.6) is 11.5 Å². The molecule has 2 aromatic heterocycles. The molecule has 0 saturated carbocycles. The van der Waals surface area contributed by atoms with Gasteiger partial charge >= 0.3 is 0 Å². The highest BCUT2D eigenvalue weighted by molar-refractivity contribution is 7.90. The van der Waals surface area contributed by atoms with Crippen molar-refractivity contribution in [1.29, 1.82) is 5.26 Å². The first-order valence-electron chi connectivity index (χ1n) is 17.2. The van der Waals surface area contributed by atoms with Gasteiger partial charge in [0.15, 0.2) is 5.76 Å². The zero-order chi connectivity index (χ0) is 36.2. The molecule has 4 aromatic carbocycles. The number of benzene rings is 4. The minimum atomic E-state index is -3.86. The van der Waals surface area contributed by atoms with E-state index >= 15 is 0 Å². The van der Waals surface area contributed by atoms with Gasteiger partial charge in [-0.25, -0.2) is 12.4 Å². The summed E-state index contributed by atoms with van der Waals surface area (Å²) >= 11 is 0. The lowest BCUT2D eigenvalue weighted by molar-refractivity contribution is 0.0998. The molecular weight excluding hydrogens is 679 g/mol. The lowest BCUT2D eigenvalue weighted by atomic mass is 10.1. The van der Waals surface area contributed by atoms with Crippen LogP contribution in [0.1, 0.15) is 34.5 Å². The fourth-order valence-corrected chi connectivity index (χ4v) is 8.07. The Bertz CT molecular complexity index is 2370. The number of rotatable bonds is 12. The van der Waals surface area contributed by atoms with Crippen LogP contribution in [-0.4, -0.2) is 70.1 Å². The lowest BCUT2D eigenvalue weighted by Crippen LogP contribution is -2.46. The Morgan fingerprint density at radius 1 is 0.865 bits per heavy atom.